The molecule has 0 aliphatic heterocycles. The fraction of sp³-hybridized carbons (Fsp3) is 0.167. The number of ether oxygens (including phenoxy) is 3. The molecule has 7 heteroatoms. The zero-order chi connectivity index (χ0) is 21.9. The molecule has 3 rings (SSSR count). The molecule has 31 heavy (non-hydrogen) atoms. The molecule has 0 atom stereocenters. The highest BCUT2D eigenvalue weighted by molar-refractivity contribution is 6.30. The Balaban J connectivity index is 1.38. The molecular weight excluding hydrogens is 416 g/mol. The van der Waals surface area contributed by atoms with Crippen molar-refractivity contribution in [3.8, 4) is 17.2 Å². The zero-order valence-electron chi connectivity index (χ0n) is 17.1. The Morgan fingerprint density at radius 1 is 0.968 bits per heavy atom. The van der Waals surface area contributed by atoms with Gasteiger partial charge in [0.15, 0.2) is 11.5 Å². The summed E-state index contributed by atoms with van der Waals surface area (Å²) in [5, 5.41) is 4.47. The highest BCUT2D eigenvalue weighted by Gasteiger charge is 2.04. The third-order valence-corrected chi connectivity index (χ3v) is 4.47. The Labute approximate surface area is 186 Å². The maximum absolute atomic E-state index is 12.0. The minimum atomic E-state index is -0.325. The number of nitrogens with zero attached hydrogens (tertiary/aromatic N) is 1. The molecule has 0 spiro atoms. The minimum absolute atomic E-state index is 0.325. The molecule has 0 aliphatic rings. The summed E-state index contributed by atoms with van der Waals surface area (Å²) in [6.07, 6.45) is 2.30. The second-order valence-corrected chi connectivity index (χ2v) is 6.92. The van der Waals surface area contributed by atoms with Crippen molar-refractivity contribution in [1.29, 1.82) is 0 Å². The summed E-state index contributed by atoms with van der Waals surface area (Å²) in [5.74, 6) is 1.85. The Hall–Kier alpha value is -3.51. The average molecular weight is 439 g/mol. The first-order valence-corrected chi connectivity index (χ1v) is 10.1. The van der Waals surface area contributed by atoms with E-state index in [0.717, 1.165) is 23.5 Å². The molecule has 160 valence electrons. The summed E-state index contributed by atoms with van der Waals surface area (Å²) < 4.78 is 16.7. The molecule has 0 aromatic heterocycles. The van der Waals surface area contributed by atoms with E-state index in [0.29, 0.717) is 29.5 Å². The molecule has 0 radical (unpaired) electrons. The summed E-state index contributed by atoms with van der Waals surface area (Å²) in [6.45, 7) is 1.05. The van der Waals surface area contributed by atoms with Crippen LogP contribution < -0.4 is 19.6 Å². The largest absolute Gasteiger partial charge is 0.493 e. The lowest BCUT2D eigenvalue weighted by atomic mass is 10.2. The number of carbonyl (C=O) groups is 1. The van der Waals surface area contributed by atoms with Crippen LogP contribution in [0.25, 0.3) is 0 Å². The van der Waals surface area contributed by atoms with Crippen LogP contribution in [0.15, 0.2) is 77.9 Å². The number of para-hydroxylation sites is 2. The normalized spacial score (nSPS) is 10.6. The van der Waals surface area contributed by atoms with E-state index in [2.05, 4.69) is 10.5 Å². The minimum Gasteiger partial charge on any atom is -0.493 e. The molecular formula is C24H23ClN2O4. The lowest BCUT2D eigenvalue weighted by Crippen LogP contribution is -2.17. The van der Waals surface area contributed by atoms with Crippen LogP contribution in [0.1, 0.15) is 22.3 Å². The number of hydrazone groups is 1. The summed E-state index contributed by atoms with van der Waals surface area (Å²) in [7, 11) is 1.62. The van der Waals surface area contributed by atoms with Gasteiger partial charge < -0.3 is 14.2 Å². The van der Waals surface area contributed by atoms with Gasteiger partial charge in [-0.15, -0.1) is 0 Å². The SMILES string of the molecule is COc1ccccc1OCCCOc1ccc(C=NNC(=O)c2cccc(Cl)c2)cc1. The van der Waals surface area contributed by atoms with Gasteiger partial charge in [0, 0.05) is 17.0 Å². The summed E-state index contributed by atoms with van der Waals surface area (Å²) in [4.78, 5) is 12.0. The van der Waals surface area contributed by atoms with Gasteiger partial charge in [0.1, 0.15) is 5.75 Å². The second-order valence-electron chi connectivity index (χ2n) is 6.48. The van der Waals surface area contributed by atoms with Gasteiger partial charge in [-0.1, -0.05) is 29.8 Å². The van der Waals surface area contributed by atoms with Gasteiger partial charge in [-0.3, -0.25) is 4.79 Å². The molecule has 0 heterocycles. The molecule has 1 N–H and O–H groups in total. The number of carbonyl (C=O) groups excluding carboxylic acids is 1. The molecule has 0 unspecified atom stereocenters. The molecule has 6 nitrogen and oxygen atoms in total. The van der Waals surface area contributed by atoms with Crippen LogP contribution in [0.2, 0.25) is 5.02 Å². The van der Waals surface area contributed by atoms with Crippen molar-refractivity contribution >= 4 is 23.7 Å². The Morgan fingerprint density at radius 2 is 1.71 bits per heavy atom. The predicted octanol–water partition coefficient (Wildman–Crippen LogP) is 4.96. The number of nitrogens with one attached hydrogen (secondary N) is 1. The Bertz CT molecular complexity index is 1020. The van der Waals surface area contributed by atoms with Gasteiger partial charge in [-0.2, -0.15) is 5.10 Å². The van der Waals surface area contributed by atoms with Crippen LogP contribution in [0.5, 0.6) is 17.2 Å². The highest BCUT2D eigenvalue weighted by atomic mass is 35.5. The fourth-order valence-electron chi connectivity index (χ4n) is 2.68. The second kappa shape index (κ2) is 11.6. The van der Waals surface area contributed by atoms with Crippen molar-refractivity contribution in [3.63, 3.8) is 0 Å². The molecule has 3 aromatic rings. The van der Waals surface area contributed by atoms with Crippen LogP contribution in [0.3, 0.4) is 0 Å². The van der Waals surface area contributed by atoms with Crippen LogP contribution in [-0.2, 0) is 0 Å². The van der Waals surface area contributed by atoms with Gasteiger partial charge in [0.25, 0.3) is 5.91 Å². The predicted molar refractivity (Wildman–Crippen MR) is 122 cm³/mol. The quantitative estimate of drug-likeness (QED) is 0.276. The van der Waals surface area contributed by atoms with Gasteiger partial charge in [0.05, 0.1) is 26.5 Å². The smallest absolute Gasteiger partial charge is 0.271 e. The first-order valence-electron chi connectivity index (χ1n) is 9.73. The topological polar surface area (TPSA) is 69.2 Å². The monoisotopic (exact) mass is 438 g/mol. The zero-order valence-corrected chi connectivity index (χ0v) is 17.8. The molecule has 1 amide bonds. The van der Waals surface area contributed by atoms with Crippen LogP contribution in [-0.4, -0.2) is 32.4 Å². The van der Waals surface area contributed by atoms with E-state index in [1.165, 1.54) is 0 Å². The van der Waals surface area contributed by atoms with Crippen molar-refractivity contribution in [2.75, 3.05) is 20.3 Å². The Kier molecular flexibility index (Phi) is 8.31. The van der Waals surface area contributed by atoms with Gasteiger partial charge in [-0.25, -0.2) is 5.43 Å². The molecule has 0 fully saturated rings. The molecule has 0 saturated heterocycles. The van der Waals surface area contributed by atoms with Crippen LogP contribution in [0.4, 0.5) is 0 Å². The highest BCUT2D eigenvalue weighted by Crippen LogP contribution is 2.25. The van der Waals surface area contributed by atoms with Crippen molar-refractivity contribution in [2.45, 2.75) is 6.42 Å². The fourth-order valence-corrected chi connectivity index (χ4v) is 2.87. The number of amides is 1. The van der Waals surface area contributed by atoms with Gasteiger partial charge >= 0.3 is 0 Å². The van der Waals surface area contributed by atoms with Gasteiger partial charge in [-0.05, 0) is 60.2 Å². The summed E-state index contributed by atoms with van der Waals surface area (Å²) >= 11 is 5.89. The van der Waals surface area contributed by atoms with Crippen molar-refractivity contribution in [3.05, 3.63) is 88.9 Å². The molecule has 0 saturated carbocycles. The van der Waals surface area contributed by atoms with E-state index < -0.39 is 0 Å². The third-order valence-electron chi connectivity index (χ3n) is 4.23. The first-order chi connectivity index (χ1) is 15.2. The van der Waals surface area contributed by atoms with E-state index in [-0.39, 0.29) is 5.91 Å². The van der Waals surface area contributed by atoms with Crippen molar-refractivity contribution < 1.29 is 19.0 Å². The van der Waals surface area contributed by atoms with Gasteiger partial charge in [0.2, 0.25) is 0 Å². The third kappa shape index (κ3) is 7.04. The maximum Gasteiger partial charge on any atom is 0.271 e. The lowest BCUT2D eigenvalue weighted by Gasteiger charge is -2.10. The van der Waals surface area contributed by atoms with Crippen molar-refractivity contribution in [1.82, 2.24) is 5.43 Å². The number of hydrogen-bond acceptors (Lipinski definition) is 5. The number of benzene rings is 3. The Morgan fingerprint density at radius 3 is 2.45 bits per heavy atom. The van der Waals surface area contributed by atoms with E-state index in [4.69, 9.17) is 25.8 Å². The van der Waals surface area contributed by atoms with Crippen LogP contribution in [0, 0.1) is 0 Å². The summed E-state index contributed by atoms with van der Waals surface area (Å²) in [5.41, 5.74) is 3.76. The maximum atomic E-state index is 12.0. The van der Waals surface area contributed by atoms with E-state index in [9.17, 15) is 4.79 Å². The van der Waals surface area contributed by atoms with E-state index in [1.807, 2.05) is 48.5 Å². The standard InChI is InChI=1S/C24H23ClN2O4/c1-29-22-8-2-3-9-23(22)31-15-5-14-30-21-12-10-18(11-13-21)17-26-27-24(28)19-6-4-7-20(25)16-19/h2-4,6-13,16-17H,5,14-15H2,1H3,(H,27,28). The molecule has 0 bridgehead atoms. The van der Waals surface area contributed by atoms with E-state index in [1.54, 1.807) is 37.6 Å². The molecule has 3 aromatic carbocycles. The number of hydrogen-bond donors (Lipinski definition) is 1. The average Bonchev–Trinajstić information content (AvgIpc) is 2.80. The number of rotatable bonds is 10. The van der Waals surface area contributed by atoms with Crippen molar-refractivity contribution in [2.24, 2.45) is 5.10 Å². The van der Waals surface area contributed by atoms with E-state index >= 15 is 0 Å². The van der Waals surface area contributed by atoms with Crippen LogP contribution >= 0.6 is 11.6 Å². The lowest BCUT2D eigenvalue weighted by molar-refractivity contribution is 0.0955. The number of halogens is 1. The molecule has 0 aliphatic carbocycles. The number of methoxy groups -OCH3 is 1. The first kappa shape index (κ1) is 22.2. The summed E-state index contributed by atoms with van der Waals surface area (Å²) in [6, 6.07) is 21.6.